The van der Waals surface area contributed by atoms with Gasteiger partial charge >= 0.3 is 0 Å². The minimum Gasteiger partial charge on any atom is -0.314 e. The summed E-state index contributed by atoms with van der Waals surface area (Å²) in [7, 11) is 0. The van der Waals surface area contributed by atoms with Crippen LogP contribution in [-0.4, -0.2) is 0 Å². The fourth-order valence-electron chi connectivity index (χ4n) is 8.30. The summed E-state index contributed by atoms with van der Waals surface area (Å²) in [4.78, 5) is 4.72. The molecule has 6 aromatic rings. The van der Waals surface area contributed by atoms with Crippen molar-refractivity contribution in [1.82, 2.24) is 0 Å². The van der Waals surface area contributed by atoms with Gasteiger partial charge in [0.1, 0.15) is 0 Å². The number of anilines is 4. The molecule has 2 nitrogen and oxygen atoms in total. The number of hydrogen-bond donors (Lipinski definition) is 0. The van der Waals surface area contributed by atoms with Gasteiger partial charge in [-0.2, -0.15) is 0 Å². The highest BCUT2D eigenvalue weighted by Crippen LogP contribution is 2.40. The van der Waals surface area contributed by atoms with Crippen molar-refractivity contribution in [3.63, 3.8) is 0 Å². The summed E-state index contributed by atoms with van der Waals surface area (Å²) in [6, 6.07) is 57.1. The van der Waals surface area contributed by atoms with Crippen molar-refractivity contribution in [3.8, 4) is 11.1 Å². The molecule has 10 rings (SSSR count). The molecule has 2 heteroatoms. The van der Waals surface area contributed by atoms with Crippen LogP contribution < -0.4 is 9.80 Å². The Hall–Kier alpha value is -7.38. The smallest absolute Gasteiger partial charge is 0.0897 e. The van der Waals surface area contributed by atoms with Crippen molar-refractivity contribution in [2.75, 3.05) is 9.80 Å². The third kappa shape index (κ3) is 7.10. The van der Waals surface area contributed by atoms with E-state index in [0.717, 1.165) is 58.8 Å². The summed E-state index contributed by atoms with van der Waals surface area (Å²) >= 11 is 0. The molecule has 0 fully saturated rings. The largest absolute Gasteiger partial charge is 0.314 e. The van der Waals surface area contributed by atoms with Gasteiger partial charge in [-0.1, -0.05) is 157 Å². The molecule has 6 aromatic carbocycles. The van der Waals surface area contributed by atoms with Gasteiger partial charge in [0.15, 0.2) is 0 Å². The third-order valence-electron chi connectivity index (χ3n) is 11.4. The summed E-state index contributed by atoms with van der Waals surface area (Å²) in [5, 5.41) is 0. The fraction of sp³-hybridized carbons (Fsp3) is 0.0536. The Morgan fingerprint density at radius 3 is 1.29 bits per heavy atom. The molecule has 0 N–H and O–H groups in total. The first-order chi connectivity index (χ1) is 28.7. The second-order valence-electron chi connectivity index (χ2n) is 15.0. The van der Waals surface area contributed by atoms with Crippen LogP contribution in [0.25, 0.3) is 33.4 Å². The Labute approximate surface area is 341 Å². The van der Waals surface area contributed by atoms with Crippen LogP contribution >= 0.6 is 0 Å². The second-order valence-corrected chi connectivity index (χ2v) is 15.0. The maximum Gasteiger partial charge on any atom is 0.0897 e. The number of benzene rings is 6. The summed E-state index contributed by atoms with van der Waals surface area (Å²) in [6.45, 7) is 0. The second kappa shape index (κ2) is 15.6. The molecule has 4 aliphatic carbocycles. The van der Waals surface area contributed by atoms with Crippen LogP contribution in [0.15, 0.2) is 236 Å². The molecule has 4 aliphatic rings. The monoisotopic (exact) mass is 742 g/mol. The van der Waals surface area contributed by atoms with Crippen molar-refractivity contribution in [2.24, 2.45) is 0 Å². The minimum absolute atomic E-state index is 0.867. The van der Waals surface area contributed by atoms with Crippen LogP contribution in [0.1, 0.15) is 41.5 Å². The molecular weight excluding hydrogens is 701 g/mol. The SMILES string of the molecule is C1=C(c2ccccc2)C=CC=1N(c1ccc(C2=CC=CC2)cc1)c1ccc(-c2ccc(N(C3=CC=C(c4ccccc4)C3)c3ccc(C4=CC=CC4)cc3)cc2)cc1. The van der Waals surface area contributed by atoms with Gasteiger partial charge in [-0.3, -0.25) is 0 Å². The van der Waals surface area contributed by atoms with Gasteiger partial charge in [0.2, 0.25) is 0 Å². The summed E-state index contributed by atoms with van der Waals surface area (Å²) < 4.78 is 0. The Morgan fingerprint density at radius 1 is 0.362 bits per heavy atom. The van der Waals surface area contributed by atoms with Gasteiger partial charge in [0.25, 0.3) is 0 Å². The normalized spacial score (nSPS) is 15.2. The Bertz CT molecular complexity index is 2760. The van der Waals surface area contributed by atoms with Crippen LogP contribution in [0.5, 0.6) is 0 Å². The minimum atomic E-state index is 0.867. The van der Waals surface area contributed by atoms with Gasteiger partial charge in [0.05, 0.1) is 5.70 Å². The number of rotatable bonds is 11. The molecule has 0 spiro atoms. The quantitative estimate of drug-likeness (QED) is 0.122. The summed E-state index contributed by atoms with van der Waals surface area (Å²) in [5.74, 6) is 0. The van der Waals surface area contributed by atoms with E-state index in [1.165, 1.54) is 50.2 Å². The molecule has 0 aromatic heterocycles. The number of allylic oxidation sites excluding steroid dienone is 13. The fourth-order valence-corrected chi connectivity index (χ4v) is 8.30. The summed E-state index contributed by atoms with van der Waals surface area (Å²) in [5.41, 5.74) is 22.9. The highest BCUT2D eigenvalue weighted by Gasteiger charge is 2.21. The van der Waals surface area contributed by atoms with Gasteiger partial charge in [-0.25, -0.2) is 0 Å². The van der Waals surface area contributed by atoms with Crippen LogP contribution in [0.2, 0.25) is 0 Å². The van der Waals surface area contributed by atoms with Crippen LogP contribution in [-0.2, 0) is 0 Å². The molecule has 0 atom stereocenters. The van der Waals surface area contributed by atoms with E-state index in [4.69, 9.17) is 0 Å². The molecular formula is C56H42N2. The van der Waals surface area contributed by atoms with E-state index in [1.54, 1.807) is 0 Å². The van der Waals surface area contributed by atoms with Crippen molar-refractivity contribution in [1.29, 1.82) is 0 Å². The van der Waals surface area contributed by atoms with Crippen molar-refractivity contribution in [3.05, 3.63) is 258 Å². The van der Waals surface area contributed by atoms with E-state index >= 15 is 0 Å². The zero-order valence-corrected chi connectivity index (χ0v) is 32.3. The average Bonchev–Trinajstić information content (AvgIpc) is 4.15. The number of nitrogens with zero attached hydrogens (tertiary/aromatic N) is 2. The Balaban J connectivity index is 0.948. The van der Waals surface area contributed by atoms with Crippen LogP contribution in [0.4, 0.5) is 22.7 Å². The first-order valence-electron chi connectivity index (χ1n) is 20.2. The van der Waals surface area contributed by atoms with E-state index in [9.17, 15) is 0 Å². The van der Waals surface area contributed by atoms with Gasteiger partial charge < -0.3 is 9.80 Å². The molecule has 0 bridgehead atoms. The van der Waals surface area contributed by atoms with Crippen LogP contribution in [0.3, 0.4) is 0 Å². The molecule has 0 saturated carbocycles. The number of hydrogen-bond acceptors (Lipinski definition) is 2. The molecule has 0 aliphatic heterocycles. The zero-order valence-electron chi connectivity index (χ0n) is 32.3. The van der Waals surface area contributed by atoms with Gasteiger partial charge in [-0.05, 0) is 130 Å². The van der Waals surface area contributed by atoms with E-state index in [-0.39, 0.29) is 0 Å². The Kier molecular flexibility index (Phi) is 9.45. The molecule has 276 valence electrons. The third-order valence-corrected chi connectivity index (χ3v) is 11.4. The van der Waals surface area contributed by atoms with Crippen molar-refractivity contribution >= 4 is 45.0 Å². The topological polar surface area (TPSA) is 6.48 Å². The highest BCUT2D eigenvalue weighted by atomic mass is 15.2. The van der Waals surface area contributed by atoms with E-state index in [2.05, 4.69) is 234 Å². The first kappa shape index (κ1) is 35.1. The van der Waals surface area contributed by atoms with Gasteiger partial charge in [-0.15, -0.1) is 0 Å². The molecule has 0 radical (unpaired) electrons. The van der Waals surface area contributed by atoms with Crippen LogP contribution in [0, 0.1) is 0 Å². The predicted octanol–water partition coefficient (Wildman–Crippen LogP) is 14.8. The highest BCUT2D eigenvalue weighted by molar-refractivity contribution is 5.84. The molecule has 0 saturated heterocycles. The maximum absolute atomic E-state index is 3.71. The lowest BCUT2D eigenvalue weighted by molar-refractivity contribution is 1.10. The van der Waals surface area contributed by atoms with E-state index < -0.39 is 0 Å². The molecule has 0 heterocycles. The van der Waals surface area contributed by atoms with Crippen molar-refractivity contribution in [2.45, 2.75) is 19.3 Å². The lowest BCUT2D eigenvalue weighted by atomic mass is 10.0. The lowest BCUT2D eigenvalue weighted by Gasteiger charge is -2.27. The average molecular weight is 743 g/mol. The van der Waals surface area contributed by atoms with Gasteiger partial charge in [0, 0.05) is 40.4 Å². The molecule has 0 amide bonds. The standard InChI is InChI=1S/C56H42N2/c1-3-11-43(12-4-1)49-27-37-55(39-49)57(51-29-19-45(20-30-51)41-15-7-8-16-41)53-33-23-47(24-34-53)48-25-35-54(36-26-48)58(52-31-21-46(22-32-52)42-17-9-10-18-42)56-38-28-50(40-56)44-13-5-2-6-14-44/h1-15,17,19-38H,16,18,39H2. The lowest BCUT2D eigenvalue weighted by Crippen LogP contribution is -2.15. The summed E-state index contributed by atoms with van der Waals surface area (Å²) in [6.07, 6.45) is 24.9. The zero-order chi connectivity index (χ0) is 38.7. The molecule has 58 heavy (non-hydrogen) atoms. The molecule has 0 unspecified atom stereocenters. The van der Waals surface area contributed by atoms with E-state index in [1.807, 2.05) is 0 Å². The maximum atomic E-state index is 3.71. The van der Waals surface area contributed by atoms with E-state index in [0.29, 0.717) is 0 Å². The van der Waals surface area contributed by atoms with Crippen molar-refractivity contribution < 1.29 is 0 Å². The Morgan fingerprint density at radius 2 is 0.810 bits per heavy atom. The predicted molar refractivity (Wildman–Crippen MR) is 246 cm³/mol. The first-order valence-corrected chi connectivity index (χ1v) is 20.2.